The van der Waals surface area contributed by atoms with Gasteiger partial charge in [-0.2, -0.15) is 0 Å². The summed E-state index contributed by atoms with van der Waals surface area (Å²) < 4.78 is 16.8. The molecule has 6 nitrogen and oxygen atoms in total. The molecule has 0 aromatic heterocycles. The van der Waals surface area contributed by atoms with E-state index in [1.165, 1.54) is 218 Å². The minimum Gasteiger partial charge on any atom is -0.462 e. The molecule has 74 heavy (non-hydrogen) atoms. The molecule has 0 heterocycles. The van der Waals surface area contributed by atoms with Crippen molar-refractivity contribution in [1.82, 2.24) is 0 Å². The summed E-state index contributed by atoms with van der Waals surface area (Å²) in [7, 11) is 0. The zero-order chi connectivity index (χ0) is 53.6. The van der Waals surface area contributed by atoms with Crippen molar-refractivity contribution in [2.24, 2.45) is 0 Å². The third kappa shape index (κ3) is 60.2. The molecule has 0 saturated carbocycles. The molecular weight excluding hydrogens is 913 g/mol. The molecule has 0 amide bonds. The van der Waals surface area contributed by atoms with E-state index in [0.29, 0.717) is 19.3 Å². The Bertz CT molecular complexity index is 1280. The van der Waals surface area contributed by atoms with Crippen LogP contribution in [0.25, 0.3) is 0 Å². The minimum atomic E-state index is -0.775. The second-order valence-corrected chi connectivity index (χ2v) is 22.0. The quantitative estimate of drug-likeness (QED) is 0.0261. The molecule has 0 N–H and O–H groups in total. The van der Waals surface area contributed by atoms with Gasteiger partial charge < -0.3 is 14.2 Å². The van der Waals surface area contributed by atoms with Crippen molar-refractivity contribution in [2.75, 3.05) is 13.2 Å². The second kappa shape index (κ2) is 62.9. The van der Waals surface area contributed by atoms with Crippen LogP contribution < -0.4 is 0 Å². The molecule has 0 aromatic carbocycles. The van der Waals surface area contributed by atoms with Crippen LogP contribution in [0.2, 0.25) is 0 Å². The van der Waals surface area contributed by atoms with Crippen LogP contribution in [0.1, 0.15) is 348 Å². The first-order valence-corrected chi connectivity index (χ1v) is 32.6. The molecule has 1 unspecified atom stereocenters. The van der Waals surface area contributed by atoms with E-state index in [-0.39, 0.29) is 31.1 Å². The zero-order valence-corrected chi connectivity index (χ0v) is 49.6. The van der Waals surface area contributed by atoms with Crippen LogP contribution in [-0.2, 0) is 28.6 Å². The number of hydrogen-bond donors (Lipinski definition) is 0. The van der Waals surface area contributed by atoms with Gasteiger partial charge in [0.05, 0.1) is 0 Å². The van der Waals surface area contributed by atoms with Crippen molar-refractivity contribution in [2.45, 2.75) is 354 Å². The molecule has 0 aliphatic carbocycles. The smallest absolute Gasteiger partial charge is 0.306 e. The van der Waals surface area contributed by atoms with Crippen molar-refractivity contribution >= 4 is 17.9 Å². The Labute approximate surface area is 460 Å². The Balaban J connectivity index is 3.98. The lowest BCUT2D eigenvalue weighted by molar-refractivity contribution is -0.167. The third-order valence-corrected chi connectivity index (χ3v) is 14.6. The summed E-state index contributed by atoms with van der Waals surface area (Å²) in [4.78, 5) is 38.0. The van der Waals surface area contributed by atoms with Crippen molar-refractivity contribution in [3.05, 3.63) is 48.6 Å². The van der Waals surface area contributed by atoms with E-state index in [4.69, 9.17) is 14.2 Å². The van der Waals surface area contributed by atoms with Crippen molar-refractivity contribution in [3.8, 4) is 0 Å². The molecule has 0 aromatic rings. The maximum absolute atomic E-state index is 12.8. The fourth-order valence-electron chi connectivity index (χ4n) is 9.62. The molecule has 0 fully saturated rings. The van der Waals surface area contributed by atoms with E-state index < -0.39 is 6.10 Å². The van der Waals surface area contributed by atoms with Gasteiger partial charge in [-0.3, -0.25) is 14.4 Å². The summed E-state index contributed by atoms with van der Waals surface area (Å²) in [6.07, 6.45) is 78.8. The number of unbranched alkanes of at least 4 members (excludes halogenated alkanes) is 41. The molecule has 1 atom stereocenters. The van der Waals surface area contributed by atoms with E-state index in [1.54, 1.807) is 0 Å². The fraction of sp³-hybridized carbons (Fsp3) is 0.838. The van der Waals surface area contributed by atoms with Crippen molar-refractivity contribution < 1.29 is 28.6 Å². The van der Waals surface area contributed by atoms with Gasteiger partial charge in [-0.15, -0.1) is 0 Å². The van der Waals surface area contributed by atoms with Gasteiger partial charge in [0.2, 0.25) is 0 Å². The Kier molecular flexibility index (Phi) is 60.7. The molecule has 0 saturated heterocycles. The first kappa shape index (κ1) is 71.4. The molecule has 0 aliphatic heterocycles. The van der Waals surface area contributed by atoms with E-state index in [0.717, 1.165) is 89.9 Å². The number of carbonyl (C=O) groups is 3. The first-order chi connectivity index (χ1) is 36.5. The number of ether oxygens (including phenoxy) is 3. The highest BCUT2D eigenvalue weighted by Crippen LogP contribution is 2.17. The van der Waals surface area contributed by atoms with E-state index in [9.17, 15) is 14.4 Å². The first-order valence-electron chi connectivity index (χ1n) is 32.6. The molecule has 0 aliphatic rings. The average molecular weight is 1040 g/mol. The van der Waals surface area contributed by atoms with E-state index in [1.807, 2.05) is 0 Å². The summed E-state index contributed by atoms with van der Waals surface area (Å²) in [5, 5.41) is 0. The molecule has 6 heteroatoms. The van der Waals surface area contributed by atoms with Crippen LogP contribution in [-0.4, -0.2) is 37.2 Å². The SMILES string of the molecule is CCCCCC/C=C\C/C=C\CCCCCCCC(=O)OC(COC(=O)CCCCCCCCC)COC(=O)CCCCCCCCCCCCCCCCCCCCCCC/C=C\C/C=C\CCCCCCC. The average Bonchev–Trinajstić information content (AvgIpc) is 3.40. The van der Waals surface area contributed by atoms with E-state index in [2.05, 4.69) is 69.4 Å². The topological polar surface area (TPSA) is 78.9 Å². The van der Waals surface area contributed by atoms with Crippen LogP contribution in [0, 0.1) is 0 Å². The van der Waals surface area contributed by atoms with Gasteiger partial charge in [-0.1, -0.05) is 294 Å². The maximum Gasteiger partial charge on any atom is 0.306 e. The Morgan fingerprint density at radius 3 is 0.757 bits per heavy atom. The van der Waals surface area contributed by atoms with Crippen LogP contribution in [0.5, 0.6) is 0 Å². The lowest BCUT2D eigenvalue weighted by Crippen LogP contribution is -2.30. The van der Waals surface area contributed by atoms with Gasteiger partial charge in [-0.05, 0) is 83.5 Å². The third-order valence-electron chi connectivity index (χ3n) is 14.6. The van der Waals surface area contributed by atoms with Gasteiger partial charge in [0.25, 0.3) is 0 Å². The van der Waals surface area contributed by atoms with Gasteiger partial charge in [0.1, 0.15) is 13.2 Å². The molecular formula is C68H124O6. The molecule has 0 radical (unpaired) electrons. The molecule has 0 spiro atoms. The van der Waals surface area contributed by atoms with Crippen LogP contribution in [0.15, 0.2) is 48.6 Å². The van der Waals surface area contributed by atoms with Crippen molar-refractivity contribution in [1.29, 1.82) is 0 Å². The Morgan fingerprint density at radius 2 is 0.486 bits per heavy atom. The minimum absolute atomic E-state index is 0.0746. The lowest BCUT2D eigenvalue weighted by Gasteiger charge is -2.18. The number of hydrogen-bond acceptors (Lipinski definition) is 6. The van der Waals surface area contributed by atoms with Gasteiger partial charge in [-0.25, -0.2) is 0 Å². The summed E-state index contributed by atoms with van der Waals surface area (Å²) in [6.45, 7) is 6.60. The number of carbonyl (C=O) groups excluding carboxylic acids is 3. The fourth-order valence-corrected chi connectivity index (χ4v) is 9.62. The summed E-state index contributed by atoms with van der Waals surface area (Å²) >= 11 is 0. The van der Waals surface area contributed by atoms with Crippen LogP contribution >= 0.6 is 0 Å². The van der Waals surface area contributed by atoms with Gasteiger partial charge >= 0.3 is 17.9 Å². The van der Waals surface area contributed by atoms with Gasteiger partial charge in [0, 0.05) is 19.3 Å². The highest BCUT2D eigenvalue weighted by Gasteiger charge is 2.19. The monoisotopic (exact) mass is 1040 g/mol. The number of allylic oxidation sites excluding steroid dienone is 8. The second-order valence-electron chi connectivity index (χ2n) is 22.0. The highest BCUT2D eigenvalue weighted by molar-refractivity contribution is 5.71. The summed E-state index contributed by atoms with van der Waals surface area (Å²) in [6, 6.07) is 0. The van der Waals surface area contributed by atoms with Crippen LogP contribution in [0.4, 0.5) is 0 Å². The van der Waals surface area contributed by atoms with Crippen molar-refractivity contribution in [3.63, 3.8) is 0 Å². The number of esters is 3. The standard InChI is InChI=1S/C68H124O6/c1-4-7-10-13-16-18-20-22-24-26-27-28-29-30-31-32-33-34-35-36-37-38-39-40-41-42-44-45-47-49-52-55-58-61-67(70)73-64-65(63-72-66(69)60-57-54-51-15-12-9-6-3)74-68(71)62-59-56-53-50-48-46-43-25-23-21-19-17-14-11-8-5-2/h19-22,25-27,43,65H,4-18,23-24,28-42,44-64H2,1-3H3/b21-19-,22-20-,27-26-,43-25-. The maximum atomic E-state index is 12.8. The van der Waals surface area contributed by atoms with E-state index >= 15 is 0 Å². The summed E-state index contributed by atoms with van der Waals surface area (Å²) in [5.41, 5.74) is 0. The van der Waals surface area contributed by atoms with Gasteiger partial charge in [0.15, 0.2) is 6.10 Å². The number of rotatable bonds is 60. The predicted molar refractivity (Wildman–Crippen MR) is 321 cm³/mol. The summed E-state index contributed by atoms with van der Waals surface area (Å²) in [5.74, 6) is -0.878. The Hall–Kier alpha value is -2.63. The Morgan fingerprint density at radius 1 is 0.270 bits per heavy atom. The molecule has 0 bridgehead atoms. The molecule has 432 valence electrons. The normalized spacial score (nSPS) is 12.3. The zero-order valence-electron chi connectivity index (χ0n) is 49.6. The lowest BCUT2D eigenvalue weighted by atomic mass is 10.0. The molecule has 0 rings (SSSR count). The largest absolute Gasteiger partial charge is 0.462 e. The predicted octanol–water partition coefficient (Wildman–Crippen LogP) is 22.2. The van der Waals surface area contributed by atoms with Crippen LogP contribution in [0.3, 0.4) is 0 Å². The highest BCUT2D eigenvalue weighted by atomic mass is 16.6.